The van der Waals surface area contributed by atoms with Crippen molar-refractivity contribution in [2.45, 2.75) is 26.3 Å². The Morgan fingerprint density at radius 1 is 1.33 bits per heavy atom. The van der Waals surface area contributed by atoms with E-state index in [0.29, 0.717) is 15.2 Å². The molecular formula is C12H15Cl2N3S. The number of thiocarbonyl (C=S) groups is 1. The average Bonchev–Trinajstić information content (AvgIpc) is 2.18. The zero-order valence-corrected chi connectivity index (χ0v) is 12.7. The molecule has 2 N–H and O–H groups in total. The normalized spacial score (nSPS) is 11.6. The van der Waals surface area contributed by atoms with Crippen LogP contribution in [0.2, 0.25) is 10.0 Å². The lowest BCUT2D eigenvalue weighted by Gasteiger charge is -2.21. The summed E-state index contributed by atoms with van der Waals surface area (Å²) in [4.78, 5) is 0. The minimum atomic E-state index is -0.0997. The lowest BCUT2D eigenvalue weighted by molar-refractivity contribution is 0.508. The number of benzene rings is 1. The Labute approximate surface area is 123 Å². The summed E-state index contributed by atoms with van der Waals surface area (Å²) in [6.45, 7) is 6.04. The monoisotopic (exact) mass is 303 g/mol. The first-order valence-electron chi connectivity index (χ1n) is 5.34. The second kappa shape index (κ2) is 6.36. The molecule has 0 heterocycles. The van der Waals surface area contributed by atoms with Crippen LogP contribution in [0.1, 0.15) is 26.3 Å². The van der Waals surface area contributed by atoms with Crippen molar-refractivity contribution < 1.29 is 0 Å². The molecule has 0 bridgehead atoms. The number of hydrogen-bond acceptors (Lipinski definition) is 2. The van der Waals surface area contributed by atoms with Gasteiger partial charge in [0, 0.05) is 16.1 Å². The van der Waals surface area contributed by atoms with Crippen LogP contribution in [0.5, 0.6) is 0 Å². The molecule has 1 rings (SSSR count). The van der Waals surface area contributed by atoms with Crippen molar-refractivity contribution >= 4 is 46.7 Å². The third kappa shape index (κ3) is 5.67. The fourth-order valence-corrected chi connectivity index (χ4v) is 1.95. The van der Waals surface area contributed by atoms with Crippen LogP contribution in [-0.4, -0.2) is 16.9 Å². The summed E-state index contributed by atoms with van der Waals surface area (Å²) in [5, 5.41) is 8.69. The molecule has 0 aliphatic heterocycles. The van der Waals surface area contributed by atoms with E-state index in [-0.39, 0.29) is 5.54 Å². The smallest absolute Gasteiger partial charge is 0.187 e. The van der Waals surface area contributed by atoms with Gasteiger partial charge in [-0.2, -0.15) is 5.10 Å². The van der Waals surface area contributed by atoms with Crippen LogP contribution >= 0.6 is 35.4 Å². The number of hydrogen-bond donors (Lipinski definition) is 2. The van der Waals surface area contributed by atoms with Gasteiger partial charge in [0.15, 0.2) is 5.11 Å². The second-order valence-electron chi connectivity index (χ2n) is 4.74. The fraction of sp³-hybridized carbons (Fsp3) is 0.333. The predicted molar refractivity (Wildman–Crippen MR) is 82.7 cm³/mol. The van der Waals surface area contributed by atoms with Crippen LogP contribution in [0.25, 0.3) is 0 Å². The summed E-state index contributed by atoms with van der Waals surface area (Å²) in [5.41, 5.74) is 3.40. The van der Waals surface area contributed by atoms with E-state index >= 15 is 0 Å². The standard InChI is InChI=1S/C12H15Cl2N3S/c1-12(2,3)16-11(18)17-15-7-8-4-5-9(13)6-10(8)14/h4-7H,1-3H3,(H2,16,17,18)/b15-7+. The van der Waals surface area contributed by atoms with Gasteiger partial charge >= 0.3 is 0 Å². The minimum absolute atomic E-state index is 0.0997. The maximum absolute atomic E-state index is 6.00. The van der Waals surface area contributed by atoms with E-state index in [0.717, 1.165) is 5.56 Å². The molecule has 6 heteroatoms. The van der Waals surface area contributed by atoms with Crippen molar-refractivity contribution in [2.75, 3.05) is 0 Å². The van der Waals surface area contributed by atoms with Crippen molar-refractivity contribution in [1.82, 2.24) is 10.7 Å². The minimum Gasteiger partial charge on any atom is -0.357 e. The summed E-state index contributed by atoms with van der Waals surface area (Å²) < 4.78 is 0. The summed E-state index contributed by atoms with van der Waals surface area (Å²) >= 11 is 16.9. The van der Waals surface area contributed by atoms with E-state index in [2.05, 4.69) is 15.8 Å². The number of nitrogens with one attached hydrogen (secondary N) is 2. The highest BCUT2D eigenvalue weighted by Crippen LogP contribution is 2.19. The number of nitrogens with zero attached hydrogens (tertiary/aromatic N) is 1. The van der Waals surface area contributed by atoms with E-state index in [4.69, 9.17) is 35.4 Å². The summed E-state index contributed by atoms with van der Waals surface area (Å²) in [5.74, 6) is 0. The Balaban J connectivity index is 2.58. The molecular weight excluding hydrogens is 289 g/mol. The van der Waals surface area contributed by atoms with Gasteiger partial charge in [-0.1, -0.05) is 29.3 Å². The number of halogens is 2. The fourth-order valence-electron chi connectivity index (χ4n) is 1.14. The van der Waals surface area contributed by atoms with Gasteiger partial charge in [-0.3, -0.25) is 5.43 Å². The van der Waals surface area contributed by atoms with Gasteiger partial charge in [0.1, 0.15) is 0 Å². The third-order valence-electron chi connectivity index (χ3n) is 1.82. The zero-order valence-electron chi connectivity index (χ0n) is 10.4. The molecule has 0 unspecified atom stereocenters. The Hall–Kier alpha value is -0.840. The molecule has 0 saturated heterocycles. The Bertz CT molecular complexity index is 467. The number of rotatable bonds is 2. The molecule has 1 aromatic carbocycles. The molecule has 0 amide bonds. The van der Waals surface area contributed by atoms with Crippen molar-refractivity contribution in [1.29, 1.82) is 0 Å². The Morgan fingerprint density at radius 2 is 2.00 bits per heavy atom. The lowest BCUT2D eigenvalue weighted by atomic mass is 10.1. The maximum atomic E-state index is 6.00. The molecule has 0 aliphatic carbocycles. The van der Waals surface area contributed by atoms with E-state index in [9.17, 15) is 0 Å². The molecule has 0 spiro atoms. The van der Waals surface area contributed by atoms with Crippen LogP contribution in [0.15, 0.2) is 23.3 Å². The van der Waals surface area contributed by atoms with Gasteiger partial charge < -0.3 is 5.32 Å². The van der Waals surface area contributed by atoms with Gasteiger partial charge in [0.2, 0.25) is 0 Å². The molecule has 0 aromatic heterocycles. The first-order chi connectivity index (χ1) is 8.28. The lowest BCUT2D eigenvalue weighted by Crippen LogP contribution is -2.44. The molecule has 0 radical (unpaired) electrons. The van der Waals surface area contributed by atoms with Crippen LogP contribution in [0, 0.1) is 0 Å². The van der Waals surface area contributed by atoms with Gasteiger partial charge in [-0.15, -0.1) is 0 Å². The highest BCUT2D eigenvalue weighted by atomic mass is 35.5. The average molecular weight is 304 g/mol. The number of hydrazone groups is 1. The summed E-state index contributed by atoms with van der Waals surface area (Å²) in [6.07, 6.45) is 1.59. The van der Waals surface area contributed by atoms with E-state index in [1.165, 1.54) is 0 Å². The first-order valence-corrected chi connectivity index (χ1v) is 6.50. The quantitative estimate of drug-likeness (QED) is 0.498. The van der Waals surface area contributed by atoms with Crippen LogP contribution in [0.3, 0.4) is 0 Å². The molecule has 0 saturated carbocycles. The molecule has 0 atom stereocenters. The molecule has 0 aliphatic rings. The van der Waals surface area contributed by atoms with Crippen molar-refractivity contribution in [2.24, 2.45) is 5.10 Å². The third-order valence-corrected chi connectivity index (χ3v) is 2.58. The van der Waals surface area contributed by atoms with Crippen molar-refractivity contribution in [3.8, 4) is 0 Å². The SMILES string of the molecule is CC(C)(C)NC(=S)N/N=C/c1ccc(Cl)cc1Cl. The molecule has 1 aromatic rings. The molecule has 3 nitrogen and oxygen atoms in total. The largest absolute Gasteiger partial charge is 0.357 e. The van der Waals surface area contributed by atoms with E-state index in [1.807, 2.05) is 20.8 Å². The van der Waals surface area contributed by atoms with Gasteiger partial charge in [0.05, 0.1) is 11.2 Å². The van der Waals surface area contributed by atoms with Gasteiger partial charge in [-0.05, 0) is 45.1 Å². The molecule has 98 valence electrons. The Kier molecular flexibility index (Phi) is 5.38. The van der Waals surface area contributed by atoms with Crippen molar-refractivity contribution in [3.05, 3.63) is 33.8 Å². The summed E-state index contributed by atoms with van der Waals surface area (Å²) in [7, 11) is 0. The Morgan fingerprint density at radius 3 is 2.56 bits per heavy atom. The van der Waals surface area contributed by atoms with Gasteiger partial charge in [-0.25, -0.2) is 0 Å². The second-order valence-corrected chi connectivity index (χ2v) is 5.99. The van der Waals surface area contributed by atoms with Crippen LogP contribution in [0.4, 0.5) is 0 Å². The first kappa shape index (κ1) is 15.2. The molecule has 0 fully saturated rings. The molecule has 18 heavy (non-hydrogen) atoms. The van der Waals surface area contributed by atoms with E-state index < -0.39 is 0 Å². The summed E-state index contributed by atoms with van der Waals surface area (Å²) in [6, 6.07) is 5.20. The highest BCUT2D eigenvalue weighted by Gasteiger charge is 2.09. The maximum Gasteiger partial charge on any atom is 0.187 e. The highest BCUT2D eigenvalue weighted by molar-refractivity contribution is 7.80. The topological polar surface area (TPSA) is 36.4 Å². The predicted octanol–water partition coefficient (Wildman–Crippen LogP) is 3.59. The zero-order chi connectivity index (χ0) is 13.8. The van der Waals surface area contributed by atoms with Crippen LogP contribution < -0.4 is 10.7 Å². The van der Waals surface area contributed by atoms with Crippen LogP contribution in [-0.2, 0) is 0 Å². The van der Waals surface area contributed by atoms with E-state index in [1.54, 1.807) is 24.4 Å². The van der Waals surface area contributed by atoms with Gasteiger partial charge in [0.25, 0.3) is 0 Å². The van der Waals surface area contributed by atoms with Crippen molar-refractivity contribution in [3.63, 3.8) is 0 Å².